The minimum atomic E-state index is -0.190. The summed E-state index contributed by atoms with van der Waals surface area (Å²) in [6.45, 7) is -0.118. The van der Waals surface area contributed by atoms with Crippen LogP contribution in [0.1, 0.15) is 57.8 Å². The van der Waals surface area contributed by atoms with Crippen molar-refractivity contribution in [2.75, 3.05) is 6.61 Å². The third-order valence-corrected chi connectivity index (χ3v) is 5.40. The summed E-state index contributed by atoms with van der Waals surface area (Å²) in [5.74, 6) is 0.531. The quantitative estimate of drug-likeness (QED) is 0.642. The monoisotopic (exact) mass is 305 g/mol. The van der Waals surface area contributed by atoms with E-state index in [2.05, 4.69) is 17.5 Å². The molecule has 1 amide bonds. The molecule has 122 valence electrons. The topological polar surface area (TPSA) is 55.4 Å². The molecule has 3 aliphatic rings. The van der Waals surface area contributed by atoms with Crippen LogP contribution in [-0.4, -0.2) is 24.5 Å². The number of ether oxygens (including phenoxy) is 1. The first-order valence-electron chi connectivity index (χ1n) is 8.86. The highest BCUT2D eigenvalue weighted by atomic mass is 16.5. The molecule has 0 radical (unpaired) electrons. The van der Waals surface area contributed by atoms with E-state index in [1.807, 2.05) is 0 Å². The molecule has 3 aliphatic carbocycles. The Hall–Kier alpha value is -1.32. The van der Waals surface area contributed by atoms with Gasteiger partial charge in [-0.05, 0) is 37.5 Å². The fourth-order valence-corrected chi connectivity index (χ4v) is 4.17. The molecule has 0 heterocycles. The van der Waals surface area contributed by atoms with E-state index in [1.165, 1.54) is 32.1 Å². The Bertz CT molecular complexity index is 438. The second kappa shape index (κ2) is 7.30. The Morgan fingerprint density at radius 2 is 1.73 bits per heavy atom. The minimum absolute atomic E-state index is 0.0239. The zero-order chi connectivity index (χ0) is 15.4. The van der Waals surface area contributed by atoms with Gasteiger partial charge in [-0.1, -0.05) is 44.3 Å². The molecule has 4 nitrogen and oxygen atoms in total. The molecule has 2 saturated carbocycles. The average Bonchev–Trinajstić information content (AvgIpc) is 3.10. The normalized spacial score (nSPS) is 31.5. The number of carbonyl (C=O) groups excluding carboxylic acids is 2. The van der Waals surface area contributed by atoms with Gasteiger partial charge in [0.05, 0.1) is 5.92 Å². The summed E-state index contributed by atoms with van der Waals surface area (Å²) in [5.41, 5.74) is 0. The van der Waals surface area contributed by atoms with Crippen LogP contribution in [0, 0.1) is 17.8 Å². The molecule has 2 fully saturated rings. The smallest absolute Gasteiger partial charge is 0.310 e. The first-order chi connectivity index (χ1) is 10.7. The summed E-state index contributed by atoms with van der Waals surface area (Å²) in [7, 11) is 0. The van der Waals surface area contributed by atoms with Crippen LogP contribution in [-0.2, 0) is 14.3 Å². The lowest BCUT2D eigenvalue weighted by Gasteiger charge is -2.21. The second-order valence-corrected chi connectivity index (χ2v) is 7.10. The molecular formula is C18H27NO3. The molecule has 0 aromatic rings. The van der Waals surface area contributed by atoms with E-state index in [0.29, 0.717) is 11.8 Å². The standard InChI is InChI=1S/C18H27NO3/c20-17(19-15-6-4-2-1-3-5-7-15)12-22-18(21)16-11-13-8-9-14(16)10-13/h8-9,13-16H,1-7,10-12H2,(H,19,20). The van der Waals surface area contributed by atoms with E-state index in [4.69, 9.17) is 4.74 Å². The molecule has 3 atom stereocenters. The van der Waals surface area contributed by atoms with Crippen LogP contribution in [0.15, 0.2) is 12.2 Å². The molecule has 0 saturated heterocycles. The molecule has 0 aromatic heterocycles. The zero-order valence-corrected chi connectivity index (χ0v) is 13.3. The number of fused-ring (bicyclic) bond motifs is 2. The predicted octanol–water partition coefficient (Wildman–Crippen LogP) is 2.97. The van der Waals surface area contributed by atoms with E-state index < -0.39 is 0 Å². The zero-order valence-electron chi connectivity index (χ0n) is 13.3. The predicted molar refractivity (Wildman–Crippen MR) is 84.1 cm³/mol. The van der Waals surface area contributed by atoms with Crippen molar-refractivity contribution in [3.8, 4) is 0 Å². The number of hydrogen-bond donors (Lipinski definition) is 1. The number of esters is 1. The summed E-state index contributed by atoms with van der Waals surface area (Å²) in [6.07, 6.45) is 14.6. The Labute approximate surface area is 132 Å². The number of carbonyl (C=O) groups is 2. The molecule has 2 bridgehead atoms. The molecule has 4 heteroatoms. The number of allylic oxidation sites excluding steroid dienone is 2. The number of hydrogen-bond acceptors (Lipinski definition) is 3. The molecule has 3 rings (SSSR count). The molecule has 0 spiro atoms. The first-order valence-corrected chi connectivity index (χ1v) is 8.86. The molecule has 22 heavy (non-hydrogen) atoms. The van der Waals surface area contributed by atoms with E-state index in [-0.39, 0.29) is 30.4 Å². The maximum Gasteiger partial charge on any atom is 0.310 e. The van der Waals surface area contributed by atoms with Gasteiger partial charge in [0.2, 0.25) is 0 Å². The van der Waals surface area contributed by atoms with E-state index in [0.717, 1.165) is 25.7 Å². The number of amides is 1. The SMILES string of the molecule is O=C(COC(=O)C1CC2C=CC1C2)NC1CCCCCCC1. The number of nitrogens with one attached hydrogen (secondary N) is 1. The van der Waals surface area contributed by atoms with Crippen LogP contribution in [0.25, 0.3) is 0 Å². The van der Waals surface area contributed by atoms with Gasteiger partial charge in [0.15, 0.2) is 6.61 Å². The van der Waals surface area contributed by atoms with Crippen molar-refractivity contribution in [3.05, 3.63) is 12.2 Å². The van der Waals surface area contributed by atoms with E-state index in [1.54, 1.807) is 0 Å². The summed E-state index contributed by atoms with van der Waals surface area (Å²) in [6, 6.07) is 0.261. The van der Waals surface area contributed by atoms with Gasteiger partial charge in [0, 0.05) is 6.04 Å². The molecule has 0 aliphatic heterocycles. The van der Waals surface area contributed by atoms with Crippen LogP contribution in [0.3, 0.4) is 0 Å². The summed E-state index contributed by atoms with van der Waals surface area (Å²) in [5, 5.41) is 3.04. The van der Waals surface area contributed by atoms with Gasteiger partial charge < -0.3 is 10.1 Å². The molecule has 3 unspecified atom stereocenters. The second-order valence-electron chi connectivity index (χ2n) is 7.10. The van der Waals surface area contributed by atoms with Gasteiger partial charge in [-0.3, -0.25) is 9.59 Å². The van der Waals surface area contributed by atoms with Gasteiger partial charge in [-0.25, -0.2) is 0 Å². The Morgan fingerprint density at radius 1 is 1.00 bits per heavy atom. The maximum absolute atomic E-state index is 12.1. The molecule has 1 N–H and O–H groups in total. The van der Waals surface area contributed by atoms with Crippen molar-refractivity contribution in [1.82, 2.24) is 5.32 Å². The van der Waals surface area contributed by atoms with Gasteiger partial charge in [-0.2, -0.15) is 0 Å². The van der Waals surface area contributed by atoms with Crippen LogP contribution >= 0.6 is 0 Å². The minimum Gasteiger partial charge on any atom is -0.455 e. The molecule has 0 aromatic carbocycles. The maximum atomic E-state index is 12.1. The Kier molecular flexibility index (Phi) is 5.16. The first kappa shape index (κ1) is 15.6. The van der Waals surface area contributed by atoms with Crippen molar-refractivity contribution in [3.63, 3.8) is 0 Å². The van der Waals surface area contributed by atoms with Crippen LogP contribution in [0.5, 0.6) is 0 Å². The van der Waals surface area contributed by atoms with Crippen molar-refractivity contribution in [1.29, 1.82) is 0 Å². The van der Waals surface area contributed by atoms with Crippen molar-refractivity contribution in [2.45, 2.75) is 63.8 Å². The highest BCUT2D eigenvalue weighted by Crippen LogP contribution is 2.43. The summed E-state index contributed by atoms with van der Waals surface area (Å²) >= 11 is 0. The van der Waals surface area contributed by atoms with Crippen molar-refractivity contribution < 1.29 is 14.3 Å². The highest BCUT2D eigenvalue weighted by molar-refractivity contribution is 5.81. The summed E-state index contributed by atoms with van der Waals surface area (Å²) < 4.78 is 5.25. The van der Waals surface area contributed by atoms with Crippen LogP contribution < -0.4 is 5.32 Å². The lowest BCUT2D eigenvalue weighted by atomic mass is 9.94. The van der Waals surface area contributed by atoms with Gasteiger partial charge in [-0.15, -0.1) is 0 Å². The van der Waals surface area contributed by atoms with Crippen LogP contribution in [0.2, 0.25) is 0 Å². The number of rotatable bonds is 4. The lowest BCUT2D eigenvalue weighted by Crippen LogP contribution is -2.38. The third-order valence-electron chi connectivity index (χ3n) is 5.40. The summed E-state index contributed by atoms with van der Waals surface area (Å²) in [4.78, 5) is 24.1. The van der Waals surface area contributed by atoms with E-state index in [9.17, 15) is 9.59 Å². The average molecular weight is 305 g/mol. The van der Waals surface area contributed by atoms with Gasteiger partial charge in [0.1, 0.15) is 0 Å². The fraction of sp³-hybridized carbons (Fsp3) is 0.778. The highest BCUT2D eigenvalue weighted by Gasteiger charge is 2.40. The Morgan fingerprint density at radius 3 is 2.36 bits per heavy atom. The largest absolute Gasteiger partial charge is 0.455 e. The van der Waals surface area contributed by atoms with Crippen molar-refractivity contribution in [2.24, 2.45) is 17.8 Å². The Balaban J connectivity index is 1.38. The van der Waals surface area contributed by atoms with Crippen LogP contribution in [0.4, 0.5) is 0 Å². The molecular weight excluding hydrogens is 278 g/mol. The van der Waals surface area contributed by atoms with Crippen molar-refractivity contribution >= 4 is 11.9 Å². The third kappa shape index (κ3) is 3.90. The lowest BCUT2D eigenvalue weighted by molar-refractivity contribution is -0.153. The van der Waals surface area contributed by atoms with Gasteiger partial charge >= 0.3 is 5.97 Å². The fourth-order valence-electron chi connectivity index (χ4n) is 4.17. The van der Waals surface area contributed by atoms with E-state index >= 15 is 0 Å². The van der Waals surface area contributed by atoms with Gasteiger partial charge in [0.25, 0.3) is 5.91 Å².